The highest BCUT2D eigenvalue weighted by Crippen LogP contribution is 2.32. The van der Waals surface area contributed by atoms with E-state index in [4.69, 9.17) is 9.15 Å². The number of amides is 1. The number of carbonyl (C=O) groups excluding carboxylic acids is 2. The zero-order chi connectivity index (χ0) is 17.1. The molecule has 0 spiro atoms. The Morgan fingerprint density at radius 1 is 1.35 bits per heavy atom. The fraction of sp³-hybridized carbons (Fsp3) is 0.375. The molecule has 0 aromatic carbocycles. The summed E-state index contributed by atoms with van der Waals surface area (Å²) in [6.07, 6.45) is 1.46. The number of ether oxygens (including phenoxy) is 1. The Kier molecular flexibility index (Phi) is 4.91. The van der Waals surface area contributed by atoms with Crippen LogP contribution in [-0.4, -0.2) is 29.1 Å². The van der Waals surface area contributed by atoms with E-state index in [-0.39, 0.29) is 6.54 Å². The minimum Gasteiger partial charge on any atom is -0.466 e. The fourth-order valence-electron chi connectivity index (χ4n) is 2.15. The summed E-state index contributed by atoms with van der Waals surface area (Å²) in [5.74, 6) is -0.732. The fourth-order valence-corrected chi connectivity index (χ4v) is 2.98. The summed E-state index contributed by atoms with van der Waals surface area (Å²) >= 11 is 1.35. The molecule has 2 aromatic heterocycles. The lowest BCUT2D eigenvalue weighted by Crippen LogP contribution is -2.50. The first kappa shape index (κ1) is 17.2. The Labute approximate surface area is 138 Å². The van der Waals surface area contributed by atoms with Gasteiger partial charge in [0.25, 0.3) is 5.91 Å². The Hall–Kier alpha value is -2.12. The van der Waals surface area contributed by atoms with E-state index < -0.39 is 23.1 Å². The zero-order valence-electron chi connectivity index (χ0n) is 13.2. The van der Waals surface area contributed by atoms with Crippen molar-refractivity contribution in [2.75, 3.05) is 6.54 Å². The summed E-state index contributed by atoms with van der Waals surface area (Å²) in [6, 6.07) is 6.87. The van der Waals surface area contributed by atoms with Gasteiger partial charge in [-0.25, -0.2) is 0 Å². The van der Waals surface area contributed by atoms with Crippen molar-refractivity contribution in [3.8, 4) is 0 Å². The van der Waals surface area contributed by atoms with Crippen LogP contribution in [0.1, 0.15) is 31.4 Å². The van der Waals surface area contributed by atoms with Gasteiger partial charge in [-0.05, 0) is 37.4 Å². The maximum absolute atomic E-state index is 12.3. The molecule has 0 aliphatic heterocycles. The number of aliphatic hydroxyl groups is 1. The highest BCUT2D eigenvalue weighted by molar-refractivity contribution is 7.10. The number of hydrogen-bond acceptors (Lipinski definition) is 6. The Morgan fingerprint density at radius 3 is 2.61 bits per heavy atom. The van der Waals surface area contributed by atoms with Crippen LogP contribution in [-0.2, 0) is 19.9 Å². The van der Waals surface area contributed by atoms with Crippen LogP contribution in [0, 0.1) is 0 Å². The van der Waals surface area contributed by atoms with Crippen LogP contribution in [0.5, 0.6) is 0 Å². The molecule has 1 atom stereocenters. The van der Waals surface area contributed by atoms with E-state index in [1.165, 1.54) is 38.4 Å². The number of furan rings is 1. The molecule has 2 rings (SSSR count). The number of nitrogens with one attached hydrogen (secondary N) is 1. The third kappa shape index (κ3) is 3.80. The number of thiophene rings is 1. The molecule has 0 unspecified atom stereocenters. The van der Waals surface area contributed by atoms with Crippen LogP contribution >= 0.6 is 11.3 Å². The molecule has 0 aliphatic carbocycles. The standard InChI is InChI=1S/C16H19NO5S/c1-11(18)22-15(2,3)14(19)17-10-16(20,12-6-4-8-21-12)13-7-5-9-23-13/h4-9,20H,10H2,1-3H3,(H,17,19)/t16-/m1/s1. The van der Waals surface area contributed by atoms with Crippen molar-refractivity contribution < 1.29 is 23.8 Å². The minimum absolute atomic E-state index is 0.107. The highest BCUT2D eigenvalue weighted by Gasteiger charge is 2.38. The first-order valence-electron chi connectivity index (χ1n) is 7.04. The maximum atomic E-state index is 12.3. The van der Waals surface area contributed by atoms with Gasteiger partial charge < -0.3 is 19.6 Å². The third-order valence-electron chi connectivity index (χ3n) is 3.31. The topological polar surface area (TPSA) is 88.8 Å². The van der Waals surface area contributed by atoms with Gasteiger partial charge in [0.05, 0.1) is 12.8 Å². The van der Waals surface area contributed by atoms with Gasteiger partial charge >= 0.3 is 5.97 Å². The number of hydrogen-bond donors (Lipinski definition) is 2. The molecule has 0 radical (unpaired) electrons. The Balaban J connectivity index is 2.18. The quantitative estimate of drug-likeness (QED) is 0.788. The zero-order valence-corrected chi connectivity index (χ0v) is 14.0. The molecule has 2 aromatic rings. The summed E-state index contributed by atoms with van der Waals surface area (Å²) in [5.41, 5.74) is -2.81. The summed E-state index contributed by atoms with van der Waals surface area (Å²) in [6.45, 7) is 4.10. The van der Waals surface area contributed by atoms with Crippen LogP contribution in [0.2, 0.25) is 0 Å². The molecule has 0 saturated heterocycles. The number of carbonyl (C=O) groups is 2. The van der Waals surface area contributed by atoms with E-state index in [9.17, 15) is 14.7 Å². The lowest BCUT2D eigenvalue weighted by molar-refractivity contribution is -0.163. The van der Waals surface area contributed by atoms with Crippen molar-refractivity contribution in [3.05, 3.63) is 46.5 Å². The van der Waals surface area contributed by atoms with Crippen LogP contribution in [0.3, 0.4) is 0 Å². The molecule has 0 aliphatic rings. The maximum Gasteiger partial charge on any atom is 0.303 e. The van der Waals surface area contributed by atoms with Gasteiger partial charge in [0.2, 0.25) is 0 Å². The van der Waals surface area contributed by atoms with Crippen molar-refractivity contribution in [1.29, 1.82) is 0 Å². The van der Waals surface area contributed by atoms with Gasteiger partial charge in [0.1, 0.15) is 5.76 Å². The molecular formula is C16H19NO5S. The monoisotopic (exact) mass is 337 g/mol. The molecule has 23 heavy (non-hydrogen) atoms. The van der Waals surface area contributed by atoms with Crippen molar-refractivity contribution in [2.24, 2.45) is 0 Å². The number of esters is 1. The summed E-state index contributed by atoms with van der Waals surface area (Å²) in [4.78, 5) is 24.0. The molecule has 7 heteroatoms. The van der Waals surface area contributed by atoms with Crippen molar-refractivity contribution in [1.82, 2.24) is 5.32 Å². The second kappa shape index (κ2) is 6.55. The van der Waals surface area contributed by atoms with Gasteiger partial charge in [-0.2, -0.15) is 0 Å². The van der Waals surface area contributed by atoms with Crippen LogP contribution < -0.4 is 5.32 Å². The van der Waals surface area contributed by atoms with Crippen molar-refractivity contribution >= 4 is 23.2 Å². The first-order valence-corrected chi connectivity index (χ1v) is 7.92. The van der Waals surface area contributed by atoms with Gasteiger partial charge in [-0.3, -0.25) is 9.59 Å². The average molecular weight is 337 g/mol. The average Bonchev–Trinajstić information content (AvgIpc) is 3.15. The summed E-state index contributed by atoms with van der Waals surface area (Å²) in [7, 11) is 0. The van der Waals surface area contributed by atoms with E-state index in [1.807, 2.05) is 5.38 Å². The molecule has 0 saturated carbocycles. The van der Waals surface area contributed by atoms with Gasteiger partial charge in [0.15, 0.2) is 11.2 Å². The van der Waals surface area contributed by atoms with E-state index in [0.717, 1.165) is 0 Å². The Morgan fingerprint density at radius 2 is 2.09 bits per heavy atom. The van der Waals surface area contributed by atoms with Crippen LogP contribution in [0.25, 0.3) is 0 Å². The lowest BCUT2D eigenvalue weighted by atomic mass is 9.98. The molecule has 0 bridgehead atoms. The van der Waals surface area contributed by atoms with Gasteiger partial charge in [-0.15, -0.1) is 11.3 Å². The van der Waals surface area contributed by atoms with Crippen LogP contribution in [0.15, 0.2) is 40.3 Å². The normalized spacial score (nSPS) is 14.1. The molecule has 6 nitrogen and oxygen atoms in total. The predicted octanol–water partition coefficient (Wildman–Crippen LogP) is 2.03. The largest absolute Gasteiger partial charge is 0.466 e. The van der Waals surface area contributed by atoms with Gasteiger partial charge in [0, 0.05) is 11.8 Å². The molecule has 1 amide bonds. The van der Waals surface area contributed by atoms with E-state index in [2.05, 4.69) is 5.32 Å². The molecule has 124 valence electrons. The predicted molar refractivity (Wildman–Crippen MR) is 84.9 cm³/mol. The van der Waals surface area contributed by atoms with E-state index in [1.54, 1.807) is 24.3 Å². The van der Waals surface area contributed by atoms with Gasteiger partial charge in [-0.1, -0.05) is 6.07 Å². The first-order chi connectivity index (χ1) is 10.8. The van der Waals surface area contributed by atoms with Crippen molar-refractivity contribution in [3.63, 3.8) is 0 Å². The summed E-state index contributed by atoms with van der Waals surface area (Å²) in [5, 5.41) is 15.5. The van der Waals surface area contributed by atoms with Crippen molar-refractivity contribution in [2.45, 2.75) is 32.0 Å². The highest BCUT2D eigenvalue weighted by atomic mass is 32.1. The van der Waals surface area contributed by atoms with E-state index in [0.29, 0.717) is 10.6 Å². The summed E-state index contributed by atoms with van der Waals surface area (Å²) < 4.78 is 10.3. The second-order valence-corrected chi connectivity index (χ2v) is 6.55. The Bertz CT molecular complexity index is 626. The SMILES string of the molecule is CC(=O)OC(C)(C)C(=O)NC[C@@](O)(c1ccco1)c1cccs1. The molecule has 0 fully saturated rings. The smallest absolute Gasteiger partial charge is 0.303 e. The second-order valence-electron chi connectivity index (χ2n) is 5.60. The number of rotatable bonds is 6. The molecule has 2 N–H and O–H groups in total. The molecular weight excluding hydrogens is 318 g/mol. The lowest BCUT2D eigenvalue weighted by Gasteiger charge is -2.28. The minimum atomic E-state index is -1.49. The molecule has 2 heterocycles. The van der Waals surface area contributed by atoms with Crippen LogP contribution in [0.4, 0.5) is 0 Å². The third-order valence-corrected chi connectivity index (χ3v) is 4.33. The van der Waals surface area contributed by atoms with E-state index >= 15 is 0 Å².